The van der Waals surface area contributed by atoms with Crippen LogP contribution in [0.25, 0.3) is 0 Å². The number of rotatable bonds is 12. The topological polar surface area (TPSA) is 206 Å². The highest BCUT2D eigenvalue weighted by atomic mass is 16.5. The van der Waals surface area contributed by atoms with E-state index in [1.54, 1.807) is 19.2 Å². The minimum absolute atomic E-state index is 0.0381. The van der Waals surface area contributed by atoms with Gasteiger partial charge in [-0.15, -0.1) is 0 Å². The molecule has 192 valence electrons. The molecule has 0 aromatic heterocycles. The molecule has 0 bridgehead atoms. The number of carbonyl (C=O) groups excluding carboxylic acids is 1. The van der Waals surface area contributed by atoms with E-state index < -0.39 is 30.3 Å². The van der Waals surface area contributed by atoms with E-state index in [2.05, 4.69) is 10.6 Å². The fourth-order valence-electron chi connectivity index (χ4n) is 2.83. The van der Waals surface area contributed by atoms with Crippen molar-refractivity contribution >= 4 is 24.0 Å². The Hall–Kier alpha value is -3.71. The Labute approximate surface area is 201 Å². The minimum atomic E-state index is -2.27. The largest absolute Gasteiger partial charge is 0.506 e. The zero-order chi connectivity index (χ0) is 26.5. The molecule has 0 saturated heterocycles. The van der Waals surface area contributed by atoms with Gasteiger partial charge in [-0.2, -0.15) is 0 Å². The molecule has 12 nitrogen and oxygen atoms in total. The summed E-state index contributed by atoms with van der Waals surface area (Å²) < 4.78 is 5.14. The van der Waals surface area contributed by atoms with Gasteiger partial charge < -0.3 is 46.0 Å². The van der Waals surface area contributed by atoms with Crippen molar-refractivity contribution in [1.29, 1.82) is 0 Å². The number of carboxylic acids is 2. The maximum Gasteiger partial charge on any atom is 0.335 e. The molecule has 0 heterocycles. The lowest BCUT2D eigenvalue weighted by molar-refractivity contribution is -0.165. The molecule has 0 saturated carbocycles. The van der Waals surface area contributed by atoms with Crippen molar-refractivity contribution < 1.29 is 49.8 Å². The fraction of sp³-hybridized carbons (Fsp3) is 0.348. The van der Waals surface area contributed by atoms with Gasteiger partial charge in [-0.05, 0) is 48.7 Å². The average molecular weight is 494 g/mol. The lowest BCUT2D eigenvalue weighted by Gasteiger charge is -2.18. The molecular formula is C23H30N2O10. The number of aliphatic hydroxyl groups excluding tert-OH is 3. The predicted molar refractivity (Wildman–Crippen MR) is 124 cm³/mol. The summed E-state index contributed by atoms with van der Waals surface area (Å²) in [6, 6.07) is 12.7. The summed E-state index contributed by atoms with van der Waals surface area (Å²) in [5, 5.41) is 58.2. The van der Waals surface area contributed by atoms with E-state index >= 15 is 0 Å². The number of hydrogen-bond acceptors (Lipinski definition) is 9. The number of aromatic hydroxyl groups is 1. The quantitative estimate of drug-likeness (QED) is 0.147. The number of aliphatic carboxylic acids is 2. The van der Waals surface area contributed by atoms with Crippen LogP contribution < -0.4 is 15.4 Å². The third kappa shape index (κ3) is 9.98. The van der Waals surface area contributed by atoms with Crippen molar-refractivity contribution in [2.75, 3.05) is 19.0 Å². The number of amides is 1. The van der Waals surface area contributed by atoms with Crippen molar-refractivity contribution in [3.63, 3.8) is 0 Å². The van der Waals surface area contributed by atoms with Gasteiger partial charge in [0.05, 0.1) is 18.9 Å². The summed E-state index contributed by atoms with van der Waals surface area (Å²) in [7, 11) is 1.64. The zero-order valence-corrected chi connectivity index (χ0v) is 19.2. The summed E-state index contributed by atoms with van der Waals surface area (Å²) >= 11 is 0. The molecule has 0 fully saturated rings. The number of aliphatic hydroxyl groups is 3. The second-order valence-corrected chi connectivity index (χ2v) is 7.48. The molecule has 12 heteroatoms. The standard InChI is InChI=1S/C19H24N2O4.C4H6O6/c1-13(9-14-3-6-16(25-2)7-4-14)20-11-19(24)15-5-8-18(23)17(10-15)21-12-22;5-1(3(7)8)2(6)4(9)10/h3-8,10,12-13,19-20,23-24H,9,11H2,1-2H3,(H,21,22);1-2,5-6H,(H,7,8)(H,9,10)/t13?,19-;1-,2?/m01/s1. The Balaban J connectivity index is 0.000000518. The summed E-state index contributed by atoms with van der Waals surface area (Å²) in [6.07, 6.45) is -3.97. The molecule has 8 N–H and O–H groups in total. The van der Waals surface area contributed by atoms with E-state index in [-0.39, 0.29) is 17.5 Å². The number of hydrogen-bond donors (Lipinski definition) is 8. The van der Waals surface area contributed by atoms with Crippen LogP contribution in [0.4, 0.5) is 5.69 Å². The van der Waals surface area contributed by atoms with Crippen molar-refractivity contribution in [3.8, 4) is 11.5 Å². The van der Waals surface area contributed by atoms with Crippen LogP contribution in [0.3, 0.4) is 0 Å². The first-order chi connectivity index (χ1) is 16.5. The third-order valence-corrected chi connectivity index (χ3v) is 4.79. The fourth-order valence-corrected chi connectivity index (χ4v) is 2.83. The molecule has 0 radical (unpaired) electrons. The van der Waals surface area contributed by atoms with Gasteiger partial charge in [-0.1, -0.05) is 18.2 Å². The van der Waals surface area contributed by atoms with Gasteiger partial charge in [0.2, 0.25) is 6.41 Å². The Morgan fingerprint density at radius 1 is 1.00 bits per heavy atom. The van der Waals surface area contributed by atoms with E-state index in [1.807, 2.05) is 31.2 Å². The Morgan fingerprint density at radius 2 is 1.57 bits per heavy atom. The second-order valence-electron chi connectivity index (χ2n) is 7.48. The zero-order valence-electron chi connectivity index (χ0n) is 19.2. The molecule has 0 aliphatic heterocycles. The van der Waals surface area contributed by atoms with E-state index in [0.717, 1.165) is 12.2 Å². The first-order valence-corrected chi connectivity index (χ1v) is 10.4. The number of anilines is 1. The number of phenols is 1. The van der Waals surface area contributed by atoms with Gasteiger partial charge in [0.25, 0.3) is 0 Å². The van der Waals surface area contributed by atoms with Gasteiger partial charge in [-0.25, -0.2) is 9.59 Å². The number of methoxy groups -OCH3 is 1. The van der Waals surface area contributed by atoms with Gasteiger partial charge in [-0.3, -0.25) is 4.79 Å². The maximum absolute atomic E-state index is 10.5. The Bertz CT molecular complexity index is 949. The monoisotopic (exact) mass is 494 g/mol. The highest BCUT2D eigenvalue weighted by Crippen LogP contribution is 2.26. The van der Waals surface area contributed by atoms with E-state index in [4.69, 9.17) is 25.2 Å². The SMILES string of the molecule is COc1ccc(CC(C)NC[C@H](O)c2ccc(O)c(NC=O)c2)cc1.O=C(O)C(O)[C@@H](O)C(=O)O. The minimum Gasteiger partial charge on any atom is -0.506 e. The van der Waals surface area contributed by atoms with Crippen molar-refractivity contribution in [3.05, 3.63) is 53.6 Å². The van der Waals surface area contributed by atoms with Gasteiger partial charge >= 0.3 is 11.9 Å². The smallest absolute Gasteiger partial charge is 0.335 e. The van der Waals surface area contributed by atoms with Crippen molar-refractivity contribution in [2.24, 2.45) is 0 Å². The summed E-state index contributed by atoms with van der Waals surface area (Å²) in [5.74, 6) is -2.75. The highest BCUT2D eigenvalue weighted by Gasteiger charge is 2.29. The normalized spacial score (nSPS) is 13.9. The lowest BCUT2D eigenvalue weighted by Crippen LogP contribution is -2.39. The van der Waals surface area contributed by atoms with Crippen LogP contribution in [0.1, 0.15) is 24.2 Å². The van der Waals surface area contributed by atoms with E-state index in [1.165, 1.54) is 11.6 Å². The van der Waals surface area contributed by atoms with E-state index in [9.17, 15) is 24.6 Å². The molecule has 2 unspecified atom stereocenters. The number of benzene rings is 2. The molecule has 0 aliphatic carbocycles. The average Bonchev–Trinajstić information content (AvgIpc) is 2.83. The van der Waals surface area contributed by atoms with Crippen LogP contribution in [-0.4, -0.2) is 80.9 Å². The predicted octanol–water partition coefficient (Wildman–Crippen LogP) is 0.101. The third-order valence-electron chi connectivity index (χ3n) is 4.79. The molecule has 2 rings (SSSR count). The highest BCUT2D eigenvalue weighted by molar-refractivity contribution is 5.83. The number of ether oxygens (including phenoxy) is 1. The van der Waals surface area contributed by atoms with Gasteiger partial charge in [0.1, 0.15) is 11.5 Å². The Morgan fingerprint density at radius 3 is 2.06 bits per heavy atom. The molecule has 1 amide bonds. The van der Waals surface area contributed by atoms with Crippen LogP contribution in [-0.2, 0) is 20.8 Å². The number of carboxylic acid groups (broad SMARTS) is 2. The molecule has 2 aromatic rings. The van der Waals surface area contributed by atoms with Crippen molar-refractivity contribution in [2.45, 2.75) is 37.7 Å². The molecule has 2 aromatic carbocycles. The molecular weight excluding hydrogens is 464 g/mol. The van der Waals surface area contributed by atoms with Crippen LogP contribution in [0.2, 0.25) is 0 Å². The first kappa shape index (κ1) is 29.3. The summed E-state index contributed by atoms with van der Waals surface area (Å²) in [4.78, 5) is 30.1. The molecule has 0 spiro atoms. The van der Waals surface area contributed by atoms with Gasteiger partial charge in [0, 0.05) is 12.6 Å². The number of carbonyl (C=O) groups is 3. The second kappa shape index (κ2) is 14.5. The van der Waals surface area contributed by atoms with E-state index in [0.29, 0.717) is 18.5 Å². The lowest BCUT2D eigenvalue weighted by atomic mass is 10.1. The maximum atomic E-state index is 10.5. The van der Waals surface area contributed by atoms with Crippen molar-refractivity contribution in [1.82, 2.24) is 5.32 Å². The first-order valence-electron chi connectivity index (χ1n) is 10.4. The number of phenolic OH excluding ortho intramolecular Hbond substituents is 1. The van der Waals surface area contributed by atoms with Gasteiger partial charge in [0.15, 0.2) is 12.2 Å². The van der Waals surface area contributed by atoms with Crippen LogP contribution in [0, 0.1) is 0 Å². The molecule has 4 atom stereocenters. The van der Waals surface area contributed by atoms with Crippen LogP contribution in [0.5, 0.6) is 11.5 Å². The van der Waals surface area contributed by atoms with Crippen LogP contribution in [0.15, 0.2) is 42.5 Å². The summed E-state index contributed by atoms with van der Waals surface area (Å²) in [6.45, 7) is 2.41. The summed E-state index contributed by atoms with van der Waals surface area (Å²) in [5.41, 5.74) is 2.07. The number of nitrogens with one attached hydrogen (secondary N) is 2. The Kier molecular flexibility index (Phi) is 12.2. The molecule has 0 aliphatic rings. The molecule has 35 heavy (non-hydrogen) atoms. The van der Waals surface area contributed by atoms with Crippen LogP contribution >= 0.6 is 0 Å².